The molecular formula is C15H16F3N3O2. The maximum atomic E-state index is 12.6. The Hall–Kier alpha value is -2.56. The van der Waals surface area contributed by atoms with Gasteiger partial charge in [-0.3, -0.25) is 9.59 Å². The van der Waals surface area contributed by atoms with Crippen molar-refractivity contribution in [2.45, 2.75) is 32.0 Å². The van der Waals surface area contributed by atoms with Crippen molar-refractivity contribution in [1.29, 1.82) is 5.26 Å². The van der Waals surface area contributed by atoms with Gasteiger partial charge in [-0.2, -0.15) is 18.4 Å². The third-order valence-corrected chi connectivity index (χ3v) is 3.11. The Balaban J connectivity index is 2.76. The normalized spacial score (nSPS) is 13.7. The number of hydrogen-bond donors (Lipinski definition) is 2. The number of nitrogens with one attached hydrogen (secondary N) is 1. The quantitative estimate of drug-likeness (QED) is 0.833. The Morgan fingerprint density at radius 1 is 1.39 bits per heavy atom. The van der Waals surface area contributed by atoms with Gasteiger partial charge in [-0.05, 0) is 25.0 Å². The fraction of sp³-hybridized carbons (Fsp3) is 0.400. The van der Waals surface area contributed by atoms with Gasteiger partial charge in [0.1, 0.15) is 6.04 Å². The summed E-state index contributed by atoms with van der Waals surface area (Å²) in [5.41, 5.74) is 4.46. The highest BCUT2D eigenvalue weighted by Gasteiger charge is 2.30. The summed E-state index contributed by atoms with van der Waals surface area (Å²) in [6, 6.07) is 5.24. The first-order valence-corrected chi connectivity index (χ1v) is 6.78. The Morgan fingerprint density at radius 2 is 2.04 bits per heavy atom. The van der Waals surface area contributed by atoms with E-state index in [0.29, 0.717) is 0 Å². The summed E-state index contributed by atoms with van der Waals surface area (Å²) in [6.45, 7) is 1.56. The molecule has 0 aromatic heterocycles. The van der Waals surface area contributed by atoms with Gasteiger partial charge in [0, 0.05) is 5.92 Å². The highest BCUT2D eigenvalue weighted by molar-refractivity contribution is 5.87. The second kappa shape index (κ2) is 7.63. The van der Waals surface area contributed by atoms with Crippen LogP contribution in [0.15, 0.2) is 24.3 Å². The fourth-order valence-corrected chi connectivity index (χ4v) is 1.94. The first-order valence-electron chi connectivity index (χ1n) is 6.78. The van der Waals surface area contributed by atoms with Crippen LogP contribution in [0.1, 0.15) is 24.5 Å². The molecule has 0 unspecified atom stereocenters. The second-order valence-electron chi connectivity index (χ2n) is 5.16. The van der Waals surface area contributed by atoms with E-state index in [4.69, 9.17) is 11.0 Å². The van der Waals surface area contributed by atoms with E-state index in [1.54, 1.807) is 6.92 Å². The van der Waals surface area contributed by atoms with Gasteiger partial charge >= 0.3 is 6.18 Å². The van der Waals surface area contributed by atoms with Gasteiger partial charge < -0.3 is 11.1 Å². The molecule has 0 heterocycles. The van der Waals surface area contributed by atoms with Gasteiger partial charge in [-0.25, -0.2) is 0 Å². The number of benzene rings is 1. The van der Waals surface area contributed by atoms with E-state index in [0.717, 1.165) is 12.1 Å². The summed E-state index contributed by atoms with van der Waals surface area (Å²) in [5, 5.41) is 11.1. The molecule has 0 aliphatic rings. The zero-order valence-electron chi connectivity index (χ0n) is 12.4. The van der Waals surface area contributed by atoms with E-state index >= 15 is 0 Å². The summed E-state index contributed by atoms with van der Waals surface area (Å²) < 4.78 is 37.8. The first-order chi connectivity index (χ1) is 10.6. The van der Waals surface area contributed by atoms with E-state index in [-0.39, 0.29) is 18.4 Å². The lowest BCUT2D eigenvalue weighted by atomic mass is 10.0. The molecule has 2 amide bonds. The standard InChI is InChI=1S/C15H16F3N3O2/c1-9(8-19)5-12(14(20)23)21-13(22)7-10-3-2-4-11(6-10)15(16,17)18/h2-4,6,9,12H,5,7H2,1H3,(H2,20,23)(H,21,22)/t9-,12+/m1/s1. The Kier molecular flexibility index (Phi) is 6.13. The maximum Gasteiger partial charge on any atom is 0.416 e. The predicted octanol–water partition coefficient (Wildman–Crippen LogP) is 1.77. The zero-order valence-corrected chi connectivity index (χ0v) is 12.4. The Morgan fingerprint density at radius 3 is 2.57 bits per heavy atom. The van der Waals surface area contributed by atoms with Gasteiger partial charge in [0.2, 0.25) is 11.8 Å². The number of amides is 2. The molecule has 1 aromatic carbocycles. The second-order valence-corrected chi connectivity index (χ2v) is 5.16. The van der Waals surface area contributed by atoms with Crippen molar-refractivity contribution in [2.75, 3.05) is 0 Å². The van der Waals surface area contributed by atoms with Gasteiger partial charge in [0.05, 0.1) is 18.1 Å². The van der Waals surface area contributed by atoms with Crippen LogP contribution in [0.5, 0.6) is 0 Å². The molecule has 0 spiro atoms. The maximum absolute atomic E-state index is 12.6. The average Bonchev–Trinajstić information content (AvgIpc) is 2.45. The predicted molar refractivity (Wildman–Crippen MR) is 75.7 cm³/mol. The number of rotatable bonds is 6. The van der Waals surface area contributed by atoms with Crippen LogP contribution >= 0.6 is 0 Å². The smallest absolute Gasteiger partial charge is 0.368 e. The van der Waals surface area contributed by atoms with Crippen molar-refractivity contribution in [3.8, 4) is 6.07 Å². The number of nitrogens with zero attached hydrogens (tertiary/aromatic N) is 1. The van der Waals surface area contributed by atoms with Crippen molar-refractivity contribution >= 4 is 11.8 Å². The number of carbonyl (C=O) groups is 2. The molecule has 0 bridgehead atoms. The van der Waals surface area contributed by atoms with E-state index < -0.39 is 35.5 Å². The zero-order chi connectivity index (χ0) is 17.6. The van der Waals surface area contributed by atoms with Crippen LogP contribution in [-0.4, -0.2) is 17.9 Å². The molecular weight excluding hydrogens is 311 g/mol. The van der Waals surface area contributed by atoms with Crippen LogP contribution in [0.3, 0.4) is 0 Å². The summed E-state index contributed by atoms with van der Waals surface area (Å²) in [5.74, 6) is -1.94. The average molecular weight is 327 g/mol. The molecule has 8 heteroatoms. The van der Waals surface area contributed by atoms with E-state index in [9.17, 15) is 22.8 Å². The number of hydrogen-bond acceptors (Lipinski definition) is 3. The number of alkyl halides is 3. The molecule has 0 aliphatic heterocycles. The molecule has 124 valence electrons. The van der Waals surface area contributed by atoms with Crippen molar-refractivity contribution in [1.82, 2.24) is 5.32 Å². The number of halogens is 3. The number of nitriles is 1. The van der Waals surface area contributed by atoms with Crippen LogP contribution in [0, 0.1) is 17.2 Å². The minimum atomic E-state index is -4.50. The van der Waals surface area contributed by atoms with Gasteiger partial charge in [0.25, 0.3) is 0 Å². The lowest BCUT2D eigenvalue weighted by molar-refractivity contribution is -0.137. The summed E-state index contributed by atoms with van der Waals surface area (Å²) in [6.07, 6.45) is -4.78. The topological polar surface area (TPSA) is 96.0 Å². The molecule has 0 saturated carbocycles. The van der Waals surface area contributed by atoms with E-state index in [1.807, 2.05) is 6.07 Å². The minimum Gasteiger partial charge on any atom is -0.368 e. The van der Waals surface area contributed by atoms with Crippen LogP contribution in [0.4, 0.5) is 13.2 Å². The van der Waals surface area contributed by atoms with Gasteiger partial charge in [-0.1, -0.05) is 18.2 Å². The lowest BCUT2D eigenvalue weighted by Gasteiger charge is -2.16. The van der Waals surface area contributed by atoms with Crippen LogP contribution < -0.4 is 11.1 Å². The number of primary amides is 1. The molecule has 3 N–H and O–H groups in total. The Bertz CT molecular complexity index is 623. The Labute approximate surface area is 131 Å². The number of carbonyl (C=O) groups excluding carboxylic acids is 2. The van der Waals surface area contributed by atoms with Crippen LogP contribution in [-0.2, 0) is 22.2 Å². The highest BCUT2D eigenvalue weighted by Crippen LogP contribution is 2.29. The molecule has 5 nitrogen and oxygen atoms in total. The molecule has 0 fully saturated rings. The molecule has 0 aliphatic carbocycles. The first kappa shape index (κ1) is 18.5. The molecule has 1 rings (SSSR count). The van der Waals surface area contributed by atoms with E-state index in [1.165, 1.54) is 12.1 Å². The molecule has 0 saturated heterocycles. The third kappa shape index (κ3) is 5.98. The van der Waals surface area contributed by atoms with E-state index in [2.05, 4.69) is 5.32 Å². The summed E-state index contributed by atoms with van der Waals surface area (Å²) in [4.78, 5) is 23.1. The third-order valence-electron chi connectivity index (χ3n) is 3.11. The minimum absolute atomic E-state index is 0.0418. The number of nitrogens with two attached hydrogens (primary N) is 1. The molecule has 1 aromatic rings. The van der Waals surface area contributed by atoms with Crippen molar-refractivity contribution in [3.05, 3.63) is 35.4 Å². The fourth-order valence-electron chi connectivity index (χ4n) is 1.94. The molecule has 0 radical (unpaired) electrons. The van der Waals surface area contributed by atoms with Gasteiger partial charge in [-0.15, -0.1) is 0 Å². The molecule has 2 atom stereocenters. The largest absolute Gasteiger partial charge is 0.416 e. The SMILES string of the molecule is C[C@@H](C#N)C[C@H](NC(=O)Cc1cccc(C(F)(F)F)c1)C(N)=O. The summed E-state index contributed by atoms with van der Waals surface area (Å²) in [7, 11) is 0. The van der Waals surface area contributed by atoms with Crippen molar-refractivity contribution < 1.29 is 22.8 Å². The molecule has 23 heavy (non-hydrogen) atoms. The monoisotopic (exact) mass is 327 g/mol. The lowest BCUT2D eigenvalue weighted by Crippen LogP contribution is -2.45. The van der Waals surface area contributed by atoms with Crippen molar-refractivity contribution in [3.63, 3.8) is 0 Å². The highest BCUT2D eigenvalue weighted by atomic mass is 19.4. The van der Waals surface area contributed by atoms with Crippen molar-refractivity contribution in [2.24, 2.45) is 11.7 Å². The van der Waals surface area contributed by atoms with Crippen LogP contribution in [0.25, 0.3) is 0 Å². The summed E-state index contributed by atoms with van der Waals surface area (Å²) >= 11 is 0. The van der Waals surface area contributed by atoms with Crippen LogP contribution in [0.2, 0.25) is 0 Å². The van der Waals surface area contributed by atoms with Gasteiger partial charge in [0.15, 0.2) is 0 Å².